The maximum absolute atomic E-state index is 12.7. The zero-order valence-electron chi connectivity index (χ0n) is 17.8. The van der Waals surface area contributed by atoms with E-state index >= 15 is 0 Å². The Morgan fingerprint density at radius 2 is 1.97 bits per heavy atom. The van der Waals surface area contributed by atoms with Crippen LogP contribution in [0.1, 0.15) is 40.0 Å². The molecule has 8 nitrogen and oxygen atoms in total. The van der Waals surface area contributed by atoms with Crippen molar-refractivity contribution >= 4 is 17.7 Å². The summed E-state index contributed by atoms with van der Waals surface area (Å²) >= 11 is 0. The van der Waals surface area contributed by atoms with Crippen LogP contribution in [-0.4, -0.2) is 59.5 Å². The molecule has 1 aromatic carbocycles. The molecule has 0 spiro atoms. The lowest BCUT2D eigenvalue weighted by Gasteiger charge is -2.26. The van der Waals surface area contributed by atoms with Crippen LogP contribution in [0, 0.1) is 5.92 Å². The Labute approximate surface area is 179 Å². The summed E-state index contributed by atoms with van der Waals surface area (Å²) in [4.78, 5) is 25.3. The van der Waals surface area contributed by atoms with E-state index in [2.05, 4.69) is 10.1 Å². The number of ether oxygens (including phenoxy) is 3. The number of carboxylic acid groups (broad SMARTS) is 1. The number of benzene rings is 1. The molecule has 1 saturated heterocycles. The number of nitrogens with one attached hydrogen (secondary N) is 1. The lowest BCUT2D eigenvalue weighted by atomic mass is 10.1. The number of carboxylic acids is 1. The van der Waals surface area contributed by atoms with Crippen LogP contribution in [-0.2, 0) is 9.53 Å². The van der Waals surface area contributed by atoms with Crippen molar-refractivity contribution in [3.8, 4) is 11.5 Å². The number of hydrogen-bond acceptors (Lipinski definition) is 6. The number of nitrogens with zero attached hydrogens (tertiary/aromatic N) is 1. The van der Waals surface area contributed by atoms with Crippen molar-refractivity contribution in [2.75, 3.05) is 18.5 Å². The predicted octanol–water partition coefficient (Wildman–Crippen LogP) is 3.95. The van der Waals surface area contributed by atoms with Gasteiger partial charge in [-0.25, -0.2) is 9.59 Å². The number of rotatable bonds is 8. The molecule has 0 aromatic heterocycles. The molecule has 0 unspecified atom stereocenters. The highest BCUT2D eigenvalue weighted by Crippen LogP contribution is 2.36. The summed E-state index contributed by atoms with van der Waals surface area (Å²) in [5.74, 6) is -0.575. The average molecular weight is 442 g/mol. The van der Waals surface area contributed by atoms with Gasteiger partial charge in [0, 0.05) is 30.8 Å². The normalized spacial score (nSPS) is 21.2. The summed E-state index contributed by atoms with van der Waals surface area (Å²) in [5, 5.41) is 12.7. The van der Waals surface area contributed by atoms with Crippen LogP contribution in [0.2, 0.25) is 0 Å². The van der Waals surface area contributed by atoms with Gasteiger partial charge in [-0.05, 0) is 51.7 Å². The molecule has 1 aromatic rings. The van der Waals surface area contributed by atoms with E-state index in [0.29, 0.717) is 18.2 Å². The maximum Gasteiger partial charge on any atom is 0.411 e. The molecule has 0 bridgehead atoms. The van der Waals surface area contributed by atoms with Crippen LogP contribution in [0.25, 0.3) is 0 Å². The van der Waals surface area contributed by atoms with Gasteiger partial charge >= 0.3 is 18.7 Å². The smallest absolute Gasteiger partial charge is 0.411 e. The summed E-state index contributed by atoms with van der Waals surface area (Å²) in [5.41, 5.74) is -0.201. The fourth-order valence-electron chi connectivity index (χ4n) is 3.33. The van der Waals surface area contributed by atoms with Gasteiger partial charge in [0.15, 0.2) is 11.5 Å². The molecule has 2 atom stereocenters. The number of hydrogen-bond donors (Lipinski definition) is 2. The largest absolute Gasteiger partial charge is 0.489 e. The highest BCUT2D eigenvalue weighted by Gasteiger charge is 2.41. The highest BCUT2D eigenvalue weighted by molar-refractivity contribution is 5.81. The topological polar surface area (TPSA) is 97.3 Å². The monoisotopic (exact) mass is 442 g/mol. The molecule has 1 heterocycles. The molecule has 172 valence electrons. The number of anilines is 1. The third-order valence-electron chi connectivity index (χ3n) is 4.92. The van der Waals surface area contributed by atoms with Crippen LogP contribution >= 0.6 is 0 Å². The van der Waals surface area contributed by atoms with Gasteiger partial charge in [0.05, 0.1) is 6.61 Å². The Bertz CT molecular complexity index is 810. The lowest BCUT2D eigenvalue weighted by Crippen LogP contribution is -2.43. The van der Waals surface area contributed by atoms with Crippen molar-refractivity contribution in [2.45, 2.75) is 64.3 Å². The Balaban J connectivity index is 1.70. The molecule has 2 N–H and O–H groups in total. The van der Waals surface area contributed by atoms with Crippen LogP contribution < -0.4 is 14.8 Å². The third-order valence-corrected chi connectivity index (χ3v) is 4.92. The fourth-order valence-corrected chi connectivity index (χ4v) is 3.33. The summed E-state index contributed by atoms with van der Waals surface area (Å²) in [6.07, 6.45) is 1.56. The van der Waals surface area contributed by atoms with Crippen molar-refractivity contribution in [1.82, 2.24) is 4.90 Å². The number of likely N-dealkylation sites (tertiary alicyclic amines) is 1. The third kappa shape index (κ3) is 6.60. The van der Waals surface area contributed by atoms with Gasteiger partial charge in [-0.3, -0.25) is 4.90 Å². The first kappa shape index (κ1) is 22.9. The van der Waals surface area contributed by atoms with E-state index in [4.69, 9.17) is 9.47 Å². The van der Waals surface area contributed by atoms with Gasteiger partial charge < -0.3 is 24.6 Å². The van der Waals surface area contributed by atoms with Crippen molar-refractivity contribution < 1.29 is 37.7 Å². The molecule has 1 aliphatic heterocycles. The predicted molar refractivity (Wildman–Crippen MR) is 108 cm³/mol. The molecule has 0 radical (unpaired) electrons. The van der Waals surface area contributed by atoms with Crippen LogP contribution in [0.3, 0.4) is 0 Å². The molecular weight excluding hydrogens is 414 g/mol. The van der Waals surface area contributed by atoms with E-state index in [9.17, 15) is 23.5 Å². The molecular formula is C21H28F2N2O6. The molecule has 31 heavy (non-hydrogen) atoms. The van der Waals surface area contributed by atoms with Gasteiger partial charge in [-0.15, -0.1) is 0 Å². The Morgan fingerprint density at radius 1 is 1.26 bits per heavy atom. The molecule has 2 aliphatic rings. The zero-order valence-corrected chi connectivity index (χ0v) is 17.8. The van der Waals surface area contributed by atoms with E-state index in [-0.39, 0.29) is 30.5 Å². The minimum atomic E-state index is -2.98. The van der Waals surface area contributed by atoms with Crippen LogP contribution in [0.15, 0.2) is 18.2 Å². The Hall–Kier alpha value is -2.78. The molecule has 3 rings (SSSR count). The fraction of sp³-hybridized carbons (Fsp3) is 0.619. The zero-order chi connectivity index (χ0) is 22.8. The first-order valence-electron chi connectivity index (χ1n) is 10.2. The summed E-state index contributed by atoms with van der Waals surface area (Å²) in [6.45, 7) is 2.69. The Kier molecular flexibility index (Phi) is 6.76. The molecule has 1 amide bonds. The standard InChI is InChI=1S/C21H28F2N2O6/c1-21(2,3)31-20(28)25-10-14(8-15(25)18(26)27)24-13-6-7-16(30-19(22)23)17(9-13)29-11-12-4-5-12/h6-7,9,12,14-15,19,24H,4-5,8,10-11H2,1-3H3,(H,26,27)/t14-,15+/m0/s1. The Morgan fingerprint density at radius 3 is 2.55 bits per heavy atom. The van der Waals surface area contributed by atoms with Gasteiger partial charge in [0.1, 0.15) is 11.6 Å². The van der Waals surface area contributed by atoms with E-state index < -0.39 is 30.3 Å². The summed E-state index contributed by atoms with van der Waals surface area (Å²) in [7, 11) is 0. The minimum Gasteiger partial charge on any atom is -0.489 e. The number of amides is 1. The molecule has 1 saturated carbocycles. The molecule has 2 fully saturated rings. The first-order valence-corrected chi connectivity index (χ1v) is 10.2. The SMILES string of the molecule is CC(C)(C)OC(=O)N1C[C@@H](Nc2ccc(OC(F)F)c(OCC3CC3)c2)C[C@@H]1C(=O)O. The maximum atomic E-state index is 12.7. The van der Waals surface area contributed by atoms with Gasteiger partial charge in [0.25, 0.3) is 0 Å². The second-order valence-corrected chi connectivity index (χ2v) is 8.86. The van der Waals surface area contributed by atoms with Crippen LogP contribution in [0.4, 0.5) is 19.3 Å². The van der Waals surface area contributed by atoms with E-state index in [0.717, 1.165) is 12.8 Å². The number of aliphatic carboxylic acids is 1. The number of carbonyl (C=O) groups is 2. The highest BCUT2D eigenvalue weighted by atomic mass is 19.3. The van der Waals surface area contributed by atoms with Crippen molar-refractivity contribution in [1.29, 1.82) is 0 Å². The van der Waals surface area contributed by atoms with Gasteiger partial charge in [-0.2, -0.15) is 8.78 Å². The number of halogens is 2. The summed E-state index contributed by atoms with van der Waals surface area (Å²) in [6, 6.07) is 3.08. The summed E-state index contributed by atoms with van der Waals surface area (Å²) < 4.78 is 40.9. The molecule has 10 heteroatoms. The van der Waals surface area contributed by atoms with Crippen LogP contribution in [0.5, 0.6) is 11.5 Å². The van der Waals surface area contributed by atoms with Gasteiger partial charge in [0.2, 0.25) is 0 Å². The number of alkyl halides is 2. The van der Waals surface area contributed by atoms with E-state index in [1.54, 1.807) is 32.9 Å². The second kappa shape index (κ2) is 9.15. The van der Waals surface area contributed by atoms with Crippen molar-refractivity contribution in [3.05, 3.63) is 18.2 Å². The second-order valence-electron chi connectivity index (χ2n) is 8.86. The lowest BCUT2D eigenvalue weighted by molar-refractivity contribution is -0.142. The van der Waals surface area contributed by atoms with Crippen molar-refractivity contribution in [2.24, 2.45) is 5.92 Å². The quantitative estimate of drug-likeness (QED) is 0.629. The molecule has 1 aliphatic carbocycles. The van der Waals surface area contributed by atoms with E-state index in [1.807, 2.05) is 0 Å². The number of carbonyl (C=O) groups excluding carboxylic acids is 1. The average Bonchev–Trinajstić information content (AvgIpc) is 3.37. The first-order chi connectivity index (χ1) is 14.5. The van der Waals surface area contributed by atoms with Crippen molar-refractivity contribution in [3.63, 3.8) is 0 Å². The van der Waals surface area contributed by atoms with E-state index in [1.165, 1.54) is 11.0 Å². The minimum absolute atomic E-state index is 0.0635. The van der Waals surface area contributed by atoms with Gasteiger partial charge in [-0.1, -0.05) is 0 Å².